The van der Waals surface area contributed by atoms with Crippen molar-refractivity contribution in [3.8, 4) is 11.3 Å². The van der Waals surface area contributed by atoms with Crippen LogP contribution in [-0.4, -0.2) is 17.5 Å². The zero-order valence-corrected chi connectivity index (χ0v) is 15.5. The summed E-state index contributed by atoms with van der Waals surface area (Å²) >= 11 is 1.62. The van der Waals surface area contributed by atoms with Crippen LogP contribution < -0.4 is 11.1 Å². The molecule has 3 rings (SSSR count). The second kappa shape index (κ2) is 8.47. The lowest BCUT2D eigenvalue weighted by Crippen LogP contribution is -2.37. The Morgan fingerprint density at radius 1 is 1.32 bits per heavy atom. The molecule has 118 valence electrons. The molecule has 1 heterocycles. The van der Waals surface area contributed by atoms with Gasteiger partial charge in [0.1, 0.15) is 5.01 Å². The zero-order chi connectivity index (χ0) is 14.5. The fraction of sp³-hybridized carbons (Fsp3) is 0.375. The van der Waals surface area contributed by atoms with Crippen LogP contribution >= 0.6 is 35.3 Å². The number of nitrogens with zero attached hydrogens (tertiary/aromatic N) is 2. The first-order valence-electron chi connectivity index (χ1n) is 7.35. The third kappa shape index (κ3) is 4.67. The molecule has 0 unspecified atom stereocenters. The van der Waals surface area contributed by atoms with Gasteiger partial charge in [0, 0.05) is 17.5 Å². The van der Waals surface area contributed by atoms with E-state index in [1.54, 1.807) is 11.3 Å². The van der Waals surface area contributed by atoms with Crippen LogP contribution in [0.4, 0.5) is 0 Å². The topological polar surface area (TPSA) is 63.3 Å². The highest BCUT2D eigenvalue weighted by Crippen LogP contribution is 2.25. The number of nitrogens with one attached hydrogen (secondary N) is 1. The number of hydrogen-bond acceptors (Lipinski definition) is 3. The van der Waals surface area contributed by atoms with Crippen LogP contribution in [0.25, 0.3) is 11.3 Å². The molecule has 0 spiro atoms. The van der Waals surface area contributed by atoms with Gasteiger partial charge in [0.25, 0.3) is 0 Å². The minimum absolute atomic E-state index is 0. The molecule has 3 N–H and O–H groups in total. The van der Waals surface area contributed by atoms with Crippen LogP contribution in [0, 0.1) is 5.92 Å². The third-order valence-electron chi connectivity index (χ3n) is 3.80. The van der Waals surface area contributed by atoms with Gasteiger partial charge in [0.05, 0.1) is 12.2 Å². The summed E-state index contributed by atoms with van der Waals surface area (Å²) in [4.78, 5) is 8.97. The van der Waals surface area contributed by atoms with Crippen molar-refractivity contribution in [1.82, 2.24) is 10.3 Å². The fourth-order valence-electron chi connectivity index (χ4n) is 2.28. The molecule has 0 saturated heterocycles. The van der Waals surface area contributed by atoms with Crippen LogP contribution in [0.15, 0.2) is 40.7 Å². The SMILES string of the molecule is I.NC(=NCc1nc(-c2ccccc2)cs1)NCC1CCC1. The summed E-state index contributed by atoms with van der Waals surface area (Å²) in [6, 6.07) is 10.2. The number of nitrogens with two attached hydrogens (primary N) is 1. The number of thiazole rings is 1. The largest absolute Gasteiger partial charge is 0.370 e. The van der Waals surface area contributed by atoms with E-state index in [9.17, 15) is 0 Å². The molecule has 2 aromatic rings. The van der Waals surface area contributed by atoms with Gasteiger partial charge in [-0.25, -0.2) is 9.98 Å². The highest BCUT2D eigenvalue weighted by atomic mass is 127. The van der Waals surface area contributed by atoms with Crippen molar-refractivity contribution >= 4 is 41.3 Å². The summed E-state index contributed by atoms with van der Waals surface area (Å²) in [5.41, 5.74) is 8.03. The lowest BCUT2D eigenvalue weighted by molar-refractivity contribution is 0.315. The highest BCUT2D eigenvalue weighted by molar-refractivity contribution is 14.0. The van der Waals surface area contributed by atoms with Gasteiger partial charge in [0.2, 0.25) is 0 Å². The molecule has 1 aliphatic carbocycles. The predicted octanol–water partition coefficient (Wildman–Crippen LogP) is 3.63. The number of benzene rings is 1. The molecule has 0 atom stereocenters. The molecule has 0 aliphatic heterocycles. The molecule has 0 radical (unpaired) electrons. The van der Waals surface area contributed by atoms with Crippen molar-refractivity contribution in [2.75, 3.05) is 6.54 Å². The molecule has 6 heteroatoms. The number of aliphatic imine (C=N–C) groups is 1. The maximum atomic E-state index is 5.88. The number of rotatable bonds is 5. The second-order valence-corrected chi connectivity index (χ2v) is 6.31. The second-order valence-electron chi connectivity index (χ2n) is 5.37. The molecule has 4 nitrogen and oxygen atoms in total. The van der Waals surface area contributed by atoms with Crippen molar-refractivity contribution in [2.24, 2.45) is 16.6 Å². The molecule has 22 heavy (non-hydrogen) atoms. The number of halogens is 1. The molecular weight excluding hydrogens is 407 g/mol. The molecule has 1 saturated carbocycles. The number of aromatic nitrogens is 1. The van der Waals surface area contributed by atoms with Gasteiger partial charge in [-0.15, -0.1) is 35.3 Å². The first kappa shape index (κ1) is 17.2. The Kier molecular flexibility index (Phi) is 6.63. The molecule has 1 fully saturated rings. The minimum Gasteiger partial charge on any atom is -0.370 e. The summed E-state index contributed by atoms with van der Waals surface area (Å²) in [6.45, 7) is 1.49. The Hall–Kier alpha value is -1.15. The van der Waals surface area contributed by atoms with E-state index in [4.69, 9.17) is 5.73 Å². The van der Waals surface area contributed by atoms with Crippen LogP contribution in [0.5, 0.6) is 0 Å². The van der Waals surface area contributed by atoms with E-state index in [1.165, 1.54) is 19.3 Å². The van der Waals surface area contributed by atoms with Gasteiger partial charge in [-0.1, -0.05) is 36.8 Å². The lowest BCUT2D eigenvalue weighted by Gasteiger charge is -2.25. The van der Waals surface area contributed by atoms with Crippen LogP contribution in [0.3, 0.4) is 0 Å². The van der Waals surface area contributed by atoms with Crippen molar-refractivity contribution in [2.45, 2.75) is 25.8 Å². The van der Waals surface area contributed by atoms with Crippen molar-refractivity contribution in [3.63, 3.8) is 0 Å². The van der Waals surface area contributed by atoms with E-state index in [1.807, 2.05) is 18.2 Å². The van der Waals surface area contributed by atoms with E-state index >= 15 is 0 Å². The number of hydrogen-bond donors (Lipinski definition) is 2. The van der Waals surface area contributed by atoms with Gasteiger partial charge >= 0.3 is 0 Å². The summed E-state index contributed by atoms with van der Waals surface area (Å²) in [5.74, 6) is 1.31. The van der Waals surface area contributed by atoms with Crippen LogP contribution in [0.2, 0.25) is 0 Å². The molecule has 1 aliphatic rings. The Morgan fingerprint density at radius 2 is 2.09 bits per heavy atom. The monoisotopic (exact) mass is 428 g/mol. The average Bonchev–Trinajstić information content (AvgIpc) is 2.93. The van der Waals surface area contributed by atoms with Crippen molar-refractivity contribution in [1.29, 1.82) is 0 Å². The Morgan fingerprint density at radius 3 is 2.77 bits per heavy atom. The van der Waals surface area contributed by atoms with Gasteiger partial charge < -0.3 is 11.1 Å². The first-order chi connectivity index (χ1) is 10.3. The summed E-state index contributed by atoms with van der Waals surface area (Å²) in [6.07, 6.45) is 3.98. The van der Waals surface area contributed by atoms with E-state index in [0.29, 0.717) is 12.5 Å². The average molecular weight is 428 g/mol. The van der Waals surface area contributed by atoms with Crippen molar-refractivity contribution in [3.05, 3.63) is 40.7 Å². The lowest BCUT2D eigenvalue weighted by atomic mass is 9.85. The standard InChI is InChI=1S/C16H20N4S.HI/c17-16(18-9-12-5-4-6-12)19-10-15-20-14(11-21-15)13-7-2-1-3-8-13;/h1-3,7-8,11-12H,4-6,9-10H2,(H3,17,18,19);1H. The molecule has 0 bridgehead atoms. The van der Waals surface area contributed by atoms with Gasteiger partial charge in [0.15, 0.2) is 5.96 Å². The minimum atomic E-state index is 0. The predicted molar refractivity (Wildman–Crippen MR) is 104 cm³/mol. The van der Waals surface area contributed by atoms with E-state index in [0.717, 1.165) is 28.7 Å². The van der Waals surface area contributed by atoms with Gasteiger partial charge in [-0.05, 0) is 18.8 Å². The van der Waals surface area contributed by atoms with Crippen LogP contribution in [0.1, 0.15) is 24.3 Å². The Bertz CT molecular complexity index is 608. The maximum absolute atomic E-state index is 5.88. The zero-order valence-electron chi connectivity index (χ0n) is 12.4. The summed E-state index contributed by atoms with van der Waals surface area (Å²) in [7, 11) is 0. The normalized spacial score (nSPS) is 15.0. The quantitative estimate of drug-likeness (QED) is 0.434. The maximum Gasteiger partial charge on any atom is 0.189 e. The number of guanidine groups is 1. The Labute approximate surface area is 152 Å². The molecule has 0 amide bonds. The van der Waals surface area contributed by atoms with E-state index in [-0.39, 0.29) is 24.0 Å². The molecule has 1 aromatic carbocycles. The van der Waals surface area contributed by atoms with Crippen LogP contribution in [-0.2, 0) is 6.54 Å². The summed E-state index contributed by atoms with van der Waals surface area (Å²) < 4.78 is 0. The van der Waals surface area contributed by atoms with Gasteiger partial charge in [-0.2, -0.15) is 0 Å². The fourth-order valence-corrected chi connectivity index (χ4v) is 3.01. The molecular formula is C16H21IN4S. The van der Waals surface area contributed by atoms with E-state index < -0.39 is 0 Å². The van der Waals surface area contributed by atoms with E-state index in [2.05, 4.69) is 32.8 Å². The third-order valence-corrected chi connectivity index (χ3v) is 4.64. The highest BCUT2D eigenvalue weighted by Gasteiger charge is 2.16. The first-order valence-corrected chi connectivity index (χ1v) is 8.23. The van der Waals surface area contributed by atoms with Crippen molar-refractivity contribution < 1.29 is 0 Å². The van der Waals surface area contributed by atoms with Gasteiger partial charge in [-0.3, -0.25) is 0 Å². The smallest absolute Gasteiger partial charge is 0.189 e. The summed E-state index contributed by atoms with van der Waals surface area (Å²) in [5, 5.41) is 6.25. The molecule has 1 aromatic heterocycles. The Balaban J connectivity index is 0.00000176.